The van der Waals surface area contributed by atoms with Gasteiger partial charge in [-0.05, 0) is 35.9 Å². The molecule has 1 atom stereocenters. The van der Waals surface area contributed by atoms with Crippen molar-refractivity contribution in [3.8, 4) is 0 Å². The number of esters is 1. The van der Waals surface area contributed by atoms with Crippen LogP contribution < -0.4 is 5.32 Å². The normalized spacial score (nSPS) is 11.7. The van der Waals surface area contributed by atoms with Gasteiger partial charge in [0.05, 0.1) is 13.7 Å². The second-order valence-electron chi connectivity index (χ2n) is 5.23. The molecule has 0 saturated carbocycles. The predicted octanol–water partition coefficient (Wildman–Crippen LogP) is 2.76. The number of hydrogen-bond acceptors (Lipinski definition) is 4. The van der Waals surface area contributed by atoms with E-state index < -0.39 is 29.6 Å². The van der Waals surface area contributed by atoms with E-state index in [0.717, 1.165) is 30.9 Å². The van der Waals surface area contributed by atoms with Crippen molar-refractivity contribution in [1.82, 2.24) is 5.32 Å². The molecule has 0 saturated heterocycles. The lowest BCUT2D eigenvalue weighted by atomic mass is 10.0. The number of carbonyl (C=O) groups excluding carboxylic acids is 2. The van der Waals surface area contributed by atoms with Crippen molar-refractivity contribution in [3.05, 3.63) is 70.8 Å². The first-order valence-electron chi connectivity index (χ1n) is 7.37. The van der Waals surface area contributed by atoms with Gasteiger partial charge < -0.3 is 14.8 Å². The first kappa shape index (κ1) is 18.5. The zero-order valence-electron chi connectivity index (χ0n) is 13.7. The van der Waals surface area contributed by atoms with Crippen molar-refractivity contribution in [2.24, 2.45) is 0 Å². The zero-order valence-corrected chi connectivity index (χ0v) is 13.7. The molecule has 0 aliphatic carbocycles. The molecule has 132 valence electrons. The van der Waals surface area contributed by atoms with Gasteiger partial charge in [0.1, 0.15) is 11.6 Å². The van der Waals surface area contributed by atoms with Crippen LogP contribution in [-0.2, 0) is 20.9 Å². The Morgan fingerprint density at radius 2 is 1.88 bits per heavy atom. The summed E-state index contributed by atoms with van der Waals surface area (Å²) in [5.41, 5.74) is 0.690. The molecule has 0 aliphatic heterocycles. The monoisotopic (exact) mass is 349 g/mol. The second-order valence-corrected chi connectivity index (χ2v) is 5.23. The average Bonchev–Trinajstić information content (AvgIpc) is 2.61. The number of ether oxygens (including phenoxy) is 2. The summed E-state index contributed by atoms with van der Waals surface area (Å²) in [6.45, 7) is 0.306. The summed E-state index contributed by atoms with van der Waals surface area (Å²) in [4.78, 5) is 24.4. The van der Waals surface area contributed by atoms with E-state index in [4.69, 9.17) is 4.74 Å². The molecule has 1 unspecified atom stereocenters. The van der Waals surface area contributed by atoms with Gasteiger partial charge in [0, 0.05) is 18.2 Å². The molecular formula is C18H17F2NO4. The van der Waals surface area contributed by atoms with Crippen LogP contribution in [0.4, 0.5) is 8.78 Å². The Morgan fingerprint density at radius 1 is 1.12 bits per heavy atom. The van der Waals surface area contributed by atoms with Gasteiger partial charge in [-0.1, -0.05) is 12.1 Å². The van der Waals surface area contributed by atoms with Gasteiger partial charge in [0.2, 0.25) is 0 Å². The van der Waals surface area contributed by atoms with Crippen molar-refractivity contribution < 1.29 is 27.8 Å². The Bertz CT molecular complexity index is 779. The summed E-state index contributed by atoms with van der Waals surface area (Å²) >= 11 is 0. The van der Waals surface area contributed by atoms with Gasteiger partial charge in [-0.25, -0.2) is 13.6 Å². The van der Waals surface area contributed by atoms with Crippen LogP contribution in [0.3, 0.4) is 0 Å². The van der Waals surface area contributed by atoms with Crippen molar-refractivity contribution in [2.75, 3.05) is 14.2 Å². The molecule has 2 aromatic rings. The van der Waals surface area contributed by atoms with E-state index >= 15 is 0 Å². The van der Waals surface area contributed by atoms with Gasteiger partial charge in [-0.3, -0.25) is 4.79 Å². The minimum absolute atomic E-state index is 0.250. The third-order valence-electron chi connectivity index (χ3n) is 3.48. The van der Waals surface area contributed by atoms with Crippen LogP contribution in [0.5, 0.6) is 0 Å². The first-order chi connectivity index (χ1) is 12.0. The van der Waals surface area contributed by atoms with Crippen LogP contribution in [0.1, 0.15) is 27.5 Å². The van der Waals surface area contributed by atoms with Crippen LogP contribution in [0.25, 0.3) is 0 Å². The summed E-state index contributed by atoms with van der Waals surface area (Å²) in [7, 11) is 2.62. The Hall–Kier alpha value is -2.80. The molecule has 7 heteroatoms. The van der Waals surface area contributed by atoms with E-state index in [2.05, 4.69) is 10.1 Å². The highest BCUT2D eigenvalue weighted by Gasteiger charge is 2.27. The fourth-order valence-electron chi connectivity index (χ4n) is 2.30. The van der Waals surface area contributed by atoms with Crippen molar-refractivity contribution in [3.63, 3.8) is 0 Å². The molecule has 2 aromatic carbocycles. The summed E-state index contributed by atoms with van der Waals surface area (Å²) in [6, 6.07) is 7.70. The maximum Gasteiger partial charge on any atom is 0.333 e. The molecule has 0 fully saturated rings. The van der Waals surface area contributed by atoms with E-state index in [1.807, 2.05) is 0 Å². The maximum absolute atomic E-state index is 14.0. The maximum atomic E-state index is 14.0. The van der Waals surface area contributed by atoms with Crippen molar-refractivity contribution in [1.29, 1.82) is 0 Å². The number of methoxy groups -OCH3 is 2. The summed E-state index contributed by atoms with van der Waals surface area (Å²) < 4.78 is 37.0. The summed E-state index contributed by atoms with van der Waals surface area (Å²) in [5, 5.41) is 2.38. The zero-order chi connectivity index (χ0) is 18.4. The molecule has 0 bridgehead atoms. The van der Waals surface area contributed by atoms with Gasteiger partial charge in [-0.2, -0.15) is 0 Å². The van der Waals surface area contributed by atoms with Crippen LogP contribution in [-0.4, -0.2) is 26.1 Å². The van der Waals surface area contributed by atoms with E-state index in [1.54, 1.807) is 18.2 Å². The molecule has 0 heterocycles. The molecule has 25 heavy (non-hydrogen) atoms. The minimum atomic E-state index is -1.47. The molecule has 0 radical (unpaired) electrons. The highest BCUT2D eigenvalue weighted by Crippen LogP contribution is 2.20. The van der Waals surface area contributed by atoms with Gasteiger partial charge in [0.15, 0.2) is 6.04 Å². The Balaban J connectivity index is 2.31. The smallest absolute Gasteiger partial charge is 0.333 e. The number of rotatable bonds is 6. The number of halogens is 2. The summed E-state index contributed by atoms with van der Waals surface area (Å²) in [6.07, 6.45) is 0. The lowest BCUT2D eigenvalue weighted by Gasteiger charge is -2.18. The molecule has 2 rings (SSSR count). The average molecular weight is 349 g/mol. The van der Waals surface area contributed by atoms with Crippen molar-refractivity contribution >= 4 is 11.9 Å². The molecule has 0 aliphatic rings. The lowest BCUT2D eigenvalue weighted by Crippen LogP contribution is -2.35. The quantitative estimate of drug-likeness (QED) is 0.815. The fraction of sp³-hybridized carbons (Fsp3) is 0.222. The highest BCUT2D eigenvalue weighted by atomic mass is 19.1. The van der Waals surface area contributed by atoms with E-state index in [1.165, 1.54) is 13.2 Å². The summed E-state index contributed by atoms with van der Waals surface area (Å²) in [5.74, 6) is -3.10. The van der Waals surface area contributed by atoms with Gasteiger partial charge >= 0.3 is 5.97 Å². The topological polar surface area (TPSA) is 64.6 Å². The number of amides is 1. The third kappa shape index (κ3) is 4.60. The van der Waals surface area contributed by atoms with Gasteiger partial charge in [-0.15, -0.1) is 0 Å². The number of hydrogen-bond donors (Lipinski definition) is 1. The fourth-order valence-corrected chi connectivity index (χ4v) is 2.30. The largest absolute Gasteiger partial charge is 0.467 e. The lowest BCUT2D eigenvalue weighted by molar-refractivity contribution is -0.143. The first-order valence-corrected chi connectivity index (χ1v) is 7.37. The Labute approximate surface area is 143 Å². The van der Waals surface area contributed by atoms with Crippen LogP contribution in [0.2, 0.25) is 0 Å². The van der Waals surface area contributed by atoms with Crippen LogP contribution in [0, 0.1) is 11.6 Å². The predicted molar refractivity (Wildman–Crippen MR) is 85.7 cm³/mol. The van der Waals surface area contributed by atoms with Crippen molar-refractivity contribution in [2.45, 2.75) is 12.6 Å². The number of nitrogens with one attached hydrogen (secondary N) is 1. The molecular weight excluding hydrogens is 332 g/mol. The third-order valence-corrected chi connectivity index (χ3v) is 3.48. The van der Waals surface area contributed by atoms with E-state index in [9.17, 15) is 18.4 Å². The molecule has 1 amide bonds. The molecule has 0 aromatic heterocycles. The molecule has 1 N–H and O–H groups in total. The Morgan fingerprint density at radius 3 is 2.56 bits per heavy atom. The Kier molecular flexibility index (Phi) is 6.19. The standard InChI is InChI=1S/C18H17F2NO4/c1-24-10-11-4-3-5-12(8-11)17(22)21-16(18(23)25-2)14-9-13(19)6-7-15(14)20/h3-9,16H,10H2,1-2H3,(H,21,22). The van der Waals surface area contributed by atoms with Crippen LogP contribution in [0.15, 0.2) is 42.5 Å². The number of benzene rings is 2. The van der Waals surface area contributed by atoms with Crippen LogP contribution >= 0.6 is 0 Å². The number of carbonyl (C=O) groups is 2. The molecule has 0 spiro atoms. The second kappa shape index (κ2) is 8.34. The molecule has 5 nitrogen and oxygen atoms in total. The van der Waals surface area contributed by atoms with E-state index in [-0.39, 0.29) is 11.1 Å². The van der Waals surface area contributed by atoms with Gasteiger partial charge in [0.25, 0.3) is 5.91 Å². The van der Waals surface area contributed by atoms with E-state index in [0.29, 0.717) is 6.61 Å². The minimum Gasteiger partial charge on any atom is -0.467 e. The SMILES string of the molecule is COCc1cccc(C(=O)NC(C(=O)OC)c2cc(F)ccc2F)c1. The highest BCUT2D eigenvalue weighted by molar-refractivity contribution is 5.97.